The third-order valence-electron chi connectivity index (χ3n) is 3.12. The van der Waals surface area contributed by atoms with Crippen LogP contribution in [0.15, 0.2) is 0 Å². The number of alkyl carbamates (subject to hydrolysis) is 1. The van der Waals surface area contributed by atoms with Crippen LogP contribution in [-0.4, -0.2) is 64.6 Å². The van der Waals surface area contributed by atoms with E-state index in [1.54, 1.807) is 41.5 Å². The minimum Gasteiger partial charge on any atom is -0.480 e. The Labute approximate surface area is 152 Å². The van der Waals surface area contributed by atoms with Crippen LogP contribution >= 0.6 is 11.8 Å². The Morgan fingerprint density at radius 2 is 1.79 bits per heavy atom. The number of aliphatic carboxylic acids is 1. The van der Waals surface area contributed by atoms with Gasteiger partial charge in [-0.2, -0.15) is 11.8 Å². The fraction of sp³-hybridized carbons (Fsp3) is 0.812. The molecule has 0 aliphatic heterocycles. The van der Waals surface area contributed by atoms with E-state index in [1.165, 1.54) is 7.05 Å². The second-order valence-corrected chi connectivity index (χ2v) is 8.18. The molecule has 0 spiro atoms. The molecule has 0 aromatic heterocycles. The third-order valence-corrected chi connectivity index (χ3v) is 3.60. The Morgan fingerprint density at radius 3 is 2.17 bits per heavy atom. The molecule has 7 nitrogen and oxygen atoms in total. The summed E-state index contributed by atoms with van der Waals surface area (Å²) in [5.74, 6) is -2.28. The van der Waals surface area contributed by atoms with Crippen molar-refractivity contribution in [2.75, 3.05) is 19.0 Å². The Bertz CT molecular complexity index is 556. The molecule has 0 fully saturated rings. The average molecular weight is 366 g/mol. The number of carboxylic acids is 1. The highest BCUT2D eigenvalue weighted by molar-refractivity contribution is 7.98. The SMILES string of the molecule is [2H]C([2H])([2H])SC[C@@H](C(=O)O)N(C)C(=O)[C@@H](NC(=O)OC(C)(C)C)C(C)(C)C. The molecule has 0 heterocycles. The number of carboxylic acid groups (broad SMARTS) is 1. The van der Waals surface area contributed by atoms with Crippen LogP contribution in [0.1, 0.15) is 45.7 Å². The van der Waals surface area contributed by atoms with E-state index in [9.17, 15) is 19.5 Å². The first kappa shape index (κ1) is 17.4. The Balaban J connectivity index is 5.45. The van der Waals surface area contributed by atoms with Gasteiger partial charge in [0.15, 0.2) is 0 Å². The summed E-state index contributed by atoms with van der Waals surface area (Å²) in [4.78, 5) is 37.5. The normalized spacial score (nSPS) is 16.9. The zero-order valence-electron chi connectivity index (χ0n) is 18.3. The highest BCUT2D eigenvalue weighted by Gasteiger charge is 2.39. The van der Waals surface area contributed by atoms with Crippen LogP contribution in [-0.2, 0) is 14.3 Å². The van der Waals surface area contributed by atoms with E-state index in [4.69, 9.17) is 8.85 Å². The van der Waals surface area contributed by atoms with Gasteiger partial charge in [-0.25, -0.2) is 9.59 Å². The number of hydrogen-bond acceptors (Lipinski definition) is 5. The molecule has 0 aliphatic carbocycles. The first-order valence-corrected chi connectivity index (χ1v) is 8.46. The van der Waals surface area contributed by atoms with Crippen molar-refractivity contribution in [3.63, 3.8) is 0 Å². The lowest BCUT2D eigenvalue weighted by molar-refractivity contribution is -0.149. The maximum Gasteiger partial charge on any atom is 0.408 e. The van der Waals surface area contributed by atoms with Crippen LogP contribution in [0.4, 0.5) is 4.79 Å². The van der Waals surface area contributed by atoms with Crippen LogP contribution in [0.25, 0.3) is 0 Å². The quantitative estimate of drug-likeness (QED) is 0.749. The van der Waals surface area contributed by atoms with E-state index in [1.807, 2.05) is 0 Å². The van der Waals surface area contributed by atoms with Crippen molar-refractivity contribution < 1.29 is 28.3 Å². The molecular formula is C16H30N2O5S. The number of nitrogens with one attached hydrogen (secondary N) is 1. The molecule has 0 bridgehead atoms. The minimum atomic E-state index is -2.38. The van der Waals surface area contributed by atoms with Crippen molar-refractivity contribution in [2.24, 2.45) is 5.41 Å². The van der Waals surface area contributed by atoms with Gasteiger partial charge in [-0.1, -0.05) is 20.8 Å². The van der Waals surface area contributed by atoms with Gasteiger partial charge in [0, 0.05) is 16.9 Å². The zero-order valence-corrected chi connectivity index (χ0v) is 16.1. The standard InChI is InChI=1S/C16H30N2O5S/c1-15(2,3)11(17-14(22)23-16(4,5)6)12(19)18(7)10(9-24-8)13(20)21/h10-11H,9H2,1-8H3,(H,17,22)(H,20,21)/t10-,11+/m0/s1/i8D3. The van der Waals surface area contributed by atoms with Crippen molar-refractivity contribution in [1.82, 2.24) is 10.2 Å². The number of hydrogen-bond donors (Lipinski definition) is 2. The molecule has 0 radical (unpaired) electrons. The summed E-state index contributed by atoms with van der Waals surface area (Å²) in [6.45, 7) is 10.2. The Kier molecular flexibility index (Phi) is 6.23. The molecule has 0 rings (SSSR count). The van der Waals surface area contributed by atoms with E-state index >= 15 is 0 Å². The summed E-state index contributed by atoms with van der Waals surface area (Å²) in [6.07, 6.45) is -3.18. The molecule has 2 N–H and O–H groups in total. The van der Waals surface area contributed by atoms with Crippen LogP contribution in [0.2, 0.25) is 0 Å². The predicted molar refractivity (Wildman–Crippen MR) is 95.2 cm³/mol. The monoisotopic (exact) mass is 365 g/mol. The number of rotatable bonds is 6. The molecule has 0 aliphatic rings. The molecule has 8 heteroatoms. The van der Waals surface area contributed by atoms with Gasteiger partial charge in [0.05, 0.1) is 0 Å². The van der Waals surface area contributed by atoms with Crippen molar-refractivity contribution in [1.29, 1.82) is 0 Å². The predicted octanol–water partition coefficient (Wildman–Crippen LogP) is 2.20. The summed E-state index contributed by atoms with van der Waals surface area (Å²) >= 11 is 0.470. The topological polar surface area (TPSA) is 95.9 Å². The van der Waals surface area contributed by atoms with Crippen molar-refractivity contribution in [3.8, 4) is 0 Å². The van der Waals surface area contributed by atoms with Gasteiger partial charge in [0.1, 0.15) is 17.7 Å². The highest BCUT2D eigenvalue weighted by atomic mass is 32.2. The van der Waals surface area contributed by atoms with E-state index in [0.29, 0.717) is 11.8 Å². The number of nitrogens with zero attached hydrogens (tertiary/aromatic N) is 1. The lowest BCUT2D eigenvalue weighted by Crippen LogP contribution is -2.58. The van der Waals surface area contributed by atoms with Gasteiger partial charge in [0.25, 0.3) is 0 Å². The maximum atomic E-state index is 12.9. The van der Waals surface area contributed by atoms with Crippen LogP contribution in [0.5, 0.6) is 0 Å². The van der Waals surface area contributed by atoms with Crippen molar-refractivity contribution in [2.45, 2.75) is 59.2 Å². The molecule has 2 atom stereocenters. The third kappa shape index (κ3) is 7.42. The lowest BCUT2D eigenvalue weighted by Gasteiger charge is -2.35. The van der Waals surface area contributed by atoms with E-state index in [2.05, 4.69) is 5.32 Å². The summed E-state index contributed by atoms with van der Waals surface area (Å²) in [6, 6.07) is -2.41. The minimum absolute atomic E-state index is 0.308. The molecule has 24 heavy (non-hydrogen) atoms. The van der Waals surface area contributed by atoms with Crippen LogP contribution in [0.3, 0.4) is 0 Å². The lowest BCUT2D eigenvalue weighted by atomic mass is 9.85. The van der Waals surface area contributed by atoms with Crippen molar-refractivity contribution >= 4 is 29.7 Å². The van der Waals surface area contributed by atoms with Gasteiger partial charge >= 0.3 is 12.1 Å². The molecular weight excluding hydrogens is 332 g/mol. The number of carbonyl (C=O) groups is 3. The summed E-state index contributed by atoms with van der Waals surface area (Å²) in [5.41, 5.74) is -1.50. The summed E-state index contributed by atoms with van der Waals surface area (Å²) < 4.78 is 26.8. The highest BCUT2D eigenvalue weighted by Crippen LogP contribution is 2.23. The maximum absolute atomic E-state index is 12.9. The molecule has 0 aromatic carbocycles. The summed E-state index contributed by atoms with van der Waals surface area (Å²) in [7, 11) is 1.27. The first-order chi connectivity index (χ1) is 11.8. The van der Waals surface area contributed by atoms with E-state index < -0.39 is 47.3 Å². The molecule has 0 saturated heterocycles. The number of amides is 2. The fourth-order valence-electron chi connectivity index (χ4n) is 1.86. The second kappa shape index (κ2) is 8.60. The molecule has 140 valence electrons. The van der Waals surface area contributed by atoms with Crippen LogP contribution < -0.4 is 5.32 Å². The summed E-state index contributed by atoms with van der Waals surface area (Å²) in [5, 5.41) is 11.9. The zero-order chi connectivity index (χ0) is 21.8. The number of ether oxygens (including phenoxy) is 1. The number of thioether (sulfide) groups is 1. The molecule has 0 saturated carbocycles. The Morgan fingerprint density at radius 1 is 1.25 bits per heavy atom. The fourth-order valence-corrected chi connectivity index (χ4v) is 2.38. The average Bonchev–Trinajstić information content (AvgIpc) is 2.39. The van der Waals surface area contributed by atoms with Gasteiger partial charge in [-0.3, -0.25) is 4.79 Å². The Hall–Kier alpha value is -1.44. The van der Waals surface area contributed by atoms with Gasteiger partial charge in [-0.15, -0.1) is 0 Å². The smallest absolute Gasteiger partial charge is 0.408 e. The van der Waals surface area contributed by atoms with Crippen molar-refractivity contribution in [3.05, 3.63) is 0 Å². The van der Waals surface area contributed by atoms with E-state index in [-0.39, 0.29) is 5.75 Å². The van der Waals surface area contributed by atoms with Gasteiger partial charge in [-0.05, 0) is 32.4 Å². The molecule has 0 unspecified atom stereocenters. The first-order valence-electron chi connectivity index (χ1n) is 8.98. The number of likely N-dealkylation sites (N-methyl/N-ethyl adjacent to an activating group) is 1. The molecule has 0 aromatic rings. The van der Waals surface area contributed by atoms with Gasteiger partial charge in [0.2, 0.25) is 5.91 Å². The number of carbonyl (C=O) groups excluding carboxylic acids is 2. The van der Waals surface area contributed by atoms with E-state index in [0.717, 1.165) is 4.90 Å². The second-order valence-electron chi connectivity index (χ2n) is 7.56. The largest absolute Gasteiger partial charge is 0.480 e. The van der Waals surface area contributed by atoms with Crippen LogP contribution in [0, 0.1) is 5.41 Å². The van der Waals surface area contributed by atoms with Gasteiger partial charge < -0.3 is 20.1 Å². The molecule has 2 amide bonds.